The van der Waals surface area contributed by atoms with Crippen molar-refractivity contribution in [3.8, 4) is 0 Å². The summed E-state index contributed by atoms with van der Waals surface area (Å²) < 4.78 is 0. The molecule has 2 unspecified atom stereocenters. The minimum absolute atomic E-state index is 0.0873. The third-order valence-corrected chi connectivity index (χ3v) is 7.71. The lowest BCUT2D eigenvalue weighted by atomic mass is 9.49. The van der Waals surface area contributed by atoms with Gasteiger partial charge in [-0.05, 0) is 82.1 Å². The number of rotatable bonds is 3. The van der Waals surface area contributed by atoms with E-state index in [-0.39, 0.29) is 23.4 Å². The molecule has 4 saturated carbocycles. The Morgan fingerprint density at radius 1 is 1.00 bits per heavy atom. The molecule has 25 heavy (non-hydrogen) atoms. The Morgan fingerprint density at radius 3 is 2.28 bits per heavy atom. The van der Waals surface area contributed by atoms with Gasteiger partial charge in [-0.15, -0.1) is 0 Å². The summed E-state index contributed by atoms with van der Waals surface area (Å²) in [6.07, 6.45) is 10.1. The molecule has 2 amide bonds. The van der Waals surface area contributed by atoms with Gasteiger partial charge in [-0.2, -0.15) is 0 Å². The van der Waals surface area contributed by atoms with Gasteiger partial charge in [0.15, 0.2) is 0 Å². The molecule has 2 atom stereocenters. The number of amides is 2. The minimum atomic E-state index is -0.221. The molecule has 2 aliphatic heterocycles. The Bertz CT molecular complexity index is 534. The van der Waals surface area contributed by atoms with Crippen LogP contribution in [0.4, 0.5) is 0 Å². The second-order valence-electron chi connectivity index (χ2n) is 9.55. The molecule has 2 N–H and O–H groups in total. The van der Waals surface area contributed by atoms with Gasteiger partial charge in [0.05, 0.1) is 5.41 Å². The van der Waals surface area contributed by atoms with Crippen LogP contribution in [0.25, 0.3) is 0 Å². The topological polar surface area (TPSA) is 61.4 Å². The van der Waals surface area contributed by atoms with Crippen LogP contribution in [0.5, 0.6) is 0 Å². The van der Waals surface area contributed by atoms with Crippen LogP contribution in [0.3, 0.4) is 0 Å². The number of nitrogens with zero attached hydrogens (tertiary/aromatic N) is 1. The fourth-order valence-corrected chi connectivity index (χ4v) is 7.03. The number of nitrogens with one attached hydrogen (secondary N) is 2. The first-order chi connectivity index (χ1) is 12.1. The quantitative estimate of drug-likeness (QED) is 0.818. The van der Waals surface area contributed by atoms with Crippen LogP contribution in [-0.2, 0) is 9.59 Å². The molecule has 0 aromatic carbocycles. The summed E-state index contributed by atoms with van der Waals surface area (Å²) in [6, 6.07) is 0.0192. The van der Waals surface area contributed by atoms with Crippen molar-refractivity contribution >= 4 is 11.8 Å². The first kappa shape index (κ1) is 16.1. The van der Waals surface area contributed by atoms with Crippen molar-refractivity contribution in [1.82, 2.24) is 15.5 Å². The maximum absolute atomic E-state index is 13.6. The predicted octanol–water partition coefficient (Wildman–Crippen LogP) is 1.67. The van der Waals surface area contributed by atoms with E-state index in [0.717, 1.165) is 75.9 Å². The summed E-state index contributed by atoms with van der Waals surface area (Å²) >= 11 is 0. The predicted molar refractivity (Wildman–Crippen MR) is 94.8 cm³/mol. The molecule has 2 heterocycles. The van der Waals surface area contributed by atoms with E-state index in [1.165, 1.54) is 19.3 Å². The van der Waals surface area contributed by atoms with Gasteiger partial charge >= 0.3 is 0 Å². The second-order valence-corrected chi connectivity index (χ2v) is 9.55. The van der Waals surface area contributed by atoms with Gasteiger partial charge in [-0.3, -0.25) is 9.59 Å². The number of hydrogen-bond acceptors (Lipinski definition) is 3. The summed E-state index contributed by atoms with van der Waals surface area (Å²) in [4.78, 5) is 28.4. The van der Waals surface area contributed by atoms with Crippen molar-refractivity contribution in [2.75, 3.05) is 19.6 Å². The third-order valence-electron chi connectivity index (χ3n) is 7.71. The summed E-state index contributed by atoms with van der Waals surface area (Å²) in [5.41, 5.74) is -0.119. The SMILES string of the molecule is O=C(NC1CCNC1)C1CCCN1C(=O)C12CC3CC(CC(C3)C1)C2. The van der Waals surface area contributed by atoms with Crippen molar-refractivity contribution in [2.45, 2.75) is 69.9 Å². The number of carbonyl (C=O) groups is 2. The number of likely N-dealkylation sites (tertiary alicyclic amines) is 1. The lowest BCUT2D eigenvalue weighted by Gasteiger charge is -2.56. The molecule has 0 radical (unpaired) electrons. The van der Waals surface area contributed by atoms with E-state index >= 15 is 0 Å². The zero-order valence-electron chi connectivity index (χ0n) is 15.1. The Balaban J connectivity index is 1.31. The van der Waals surface area contributed by atoms with Crippen LogP contribution in [0.1, 0.15) is 57.8 Å². The molecule has 2 saturated heterocycles. The Labute approximate surface area is 150 Å². The molecule has 0 aromatic heterocycles. The molecule has 5 heteroatoms. The molecule has 6 rings (SSSR count). The van der Waals surface area contributed by atoms with Crippen LogP contribution in [0.2, 0.25) is 0 Å². The van der Waals surface area contributed by atoms with Crippen molar-refractivity contribution in [1.29, 1.82) is 0 Å². The maximum atomic E-state index is 13.6. The first-order valence-electron chi connectivity index (χ1n) is 10.5. The third kappa shape index (κ3) is 2.70. The van der Waals surface area contributed by atoms with Crippen LogP contribution >= 0.6 is 0 Å². The average molecular weight is 345 g/mol. The summed E-state index contributed by atoms with van der Waals surface area (Å²) in [5.74, 6) is 2.73. The van der Waals surface area contributed by atoms with Crippen molar-refractivity contribution in [3.63, 3.8) is 0 Å². The highest BCUT2D eigenvalue weighted by Crippen LogP contribution is 2.60. The van der Waals surface area contributed by atoms with E-state index in [4.69, 9.17) is 0 Å². The molecule has 4 aliphatic carbocycles. The van der Waals surface area contributed by atoms with Gasteiger partial charge in [-0.1, -0.05) is 0 Å². The molecular weight excluding hydrogens is 314 g/mol. The zero-order chi connectivity index (χ0) is 17.0. The molecule has 4 bridgehead atoms. The van der Waals surface area contributed by atoms with E-state index in [2.05, 4.69) is 10.6 Å². The highest BCUT2D eigenvalue weighted by molar-refractivity contribution is 5.91. The van der Waals surface area contributed by atoms with E-state index in [1.54, 1.807) is 0 Å². The summed E-state index contributed by atoms with van der Waals surface area (Å²) in [7, 11) is 0. The monoisotopic (exact) mass is 345 g/mol. The fourth-order valence-electron chi connectivity index (χ4n) is 7.03. The molecule has 138 valence electrons. The van der Waals surface area contributed by atoms with E-state index < -0.39 is 0 Å². The van der Waals surface area contributed by atoms with Gasteiger partial charge in [-0.25, -0.2) is 0 Å². The van der Waals surface area contributed by atoms with Crippen LogP contribution in [0, 0.1) is 23.2 Å². The van der Waals surface area contributed by atoms with Gasteiger partial charge in [0.25, 0.3) is 0 Å². The van der Waals surface area contributed by atoms with Crippen molar-refractivity contribution in [3.05, 3.63) is 0 Å². The van der Waals surface area contributed by atoms with Crippen LogP contribution in [-0.4, -0.2) is 48.4 Å². The highest BCUT2D eigenvalue weighted by Gasteiger charge is 2.56. The maximum Gasteiger partial charge on any atom is 0.243 e. The smallest absolute Gasteiger partial charge is 0.243 e. The van der Waals surface area contributed by atoms with E-state index in [0.29, 0.717) is 5.91 Å². The highest BCUT2D eigenvalue weighted by atomic mass is 16.2. The lowest BCUT2D eigenvalue weighted by Crippen LogP contribution is -2.57. The van der Waals surface area contributed by atoms with E-state index in [9.17, 15) is 9.59 Å². The fraction of sp³-hybridized carbons (Fsp3) is 0.900. The van der Waals surface area contributed by atoms with Gasteiger partial charge in [0.1, 0.15) is 6.04 Å². The summed E-state index contributed by atoms with van der Waals surface area (Å²) in [6.45, 7) is 2.62. The molecule has 0 aromatic rings. The van der Waals surface area contributed by atoms with Gasteiger partial charge in [0.2, 0.25) is 11.8 Å². The Hall–Kier alpha value is -1.10. The summed E-state index contributed by atoms with van der Waals surface area (Å²) in [5, 5.41) is 6.48. The minimum Gasteiger partial charge on any atom is -0.350 e. The van der Waals surface area contributed by atoms with Gasteiger partial charge in [0, 0.05) is 19.1 Å². The average Bonchev–Trinajstić information content (AvgIpc) is 3.24. The first-order valence-corrected chi connectivity index (χ1v) is 10.5. The van der Waals surface area contributed by atoms with Crippen molar-refractivity contribution in [2.24, 2.45) is 23.2 Å². The molecular formula is C20H31N3O2. The van der Waals surface area contributed by atoms with Gasteiger partial charge < -0.3 is 15.5 Å². The Kier molecular flexibility index (Phi) is 3.84. The normalized spacial score (nSPS) is 45.1. The zero-order valence-corrected chi connectivity index (χ0v) is 15.1. The number of carbonyl (C=O) groups excluding carboxylic acids is 2. The molecule has 6 aliphatic rings. The van der Waals surface area contributed by atoms with Crippen molar-refractivity contribution < 1.29 is 9.59 Å². The largest absolute Gasteiger partial charge is 0.350 e. The number of hydrogen-bond donors (Lipinski definition) is 2. The van der Waals surface area contributed by atoms with Crippen LogP contribution in [0.15, 0.2) is 0 Å². The van der Waals surface area contributed by atoms with E-state index in [1.807, 2.05) is 4.90 Å². The standard InChI is InChI=1S/C20H31N3O2/c24-18(22-16-3-4-21-12-16)17-2-1-5-23(17)19(25)20-9-13-6-14(10-20)8-15(7-13)11-20/h13-17,21H,1-12H2,(H,22,24). The Morgan fingerprint density at radius 2 is 1.68 bits per heavy atom. The molecule has 5 nitrogen and oxygen atoms in total. The molecule has 0 spiro atoms. The lowest BCUT2D eigenvalue weighted by molar-refractivity contribution is -0.160. The van der Waals surface area contributed by atoms with Crippen LogP contribution < -0.4 is 10.6 Å². The second kappa shape index (κ2) is 5.97. The molecule has 6 fully saturated rings.